The fraction of sp³-hybridized carbons (Fsp3) is 0.393. The highest BCUT2D eigenvalue weighted by Crippen LogP contribution is 2.24. The standard InChI is InChI=1S/C28H33N3O5/c1-20(2)10-12-31(22-8-9-23-21(3)18-27(33)36-25(23)19-22)26(32)7-4-11-29-13-15-30(16-14-29)28(34)24-6-5-17-35-24/h5-6,8-10,17-19H,4,7,11-16H2,1-3H3. The number of amides is 2. The van der Waals surface area contributed by atoms with Crippen LogP contribution in [0.2, 0.25) is 0 Å². The normalized spacial score (nSPS) is 14.1. The third-order valence-electron chi connectivity index (χ3n) is 6.49. The Kier molecular flexibility index (Phi) is 8.05. The van der Waals surface area contributed by atoms with Gasteiger partial charge in [-0.2, -0.15) is 0 Å². The minimum Gasteiger partial charge on any atom is -0.459 e. The topological polar surface area (TPSA) is 87.2 Å². The van der Waals surface area contributed by atoms with Gasteiger partial charge in [0, 0.05) is 62.4 Å². The molecule has 0 spiro atoms. The van der Waals surface area contributed by atoms with E-state index in [-0.39, 0.29) is 11.8 Å². The van der Waals surface area contributed by atoms with Crippen molar-refractivity contribution in [3.8, 4) is 0 Å². The molecule has 0 radical (unpaired) electrons. The number of benzene rings is 1. The molecule has 36 heavy (non-hydrogen) atoms. The summed E-state index contributed by atoms with van der Waals surface area (Å²) < 4.78 is 10.6. The fourth-order valence-electron chi connectivity index (χ4n) is 4.43. The molecule has 0 unspecified atom stereocenters. The average Bonchev–Trinajstić information content (AvgIpc) is 3.39. The minimum atomic E-state index is -0.398. The first-order chi connectivity index (χ1) is 17.3. The molecule has 2 amide bonds. The highest BCUT2D eigenvalue weighted by molar-refractivity contribution is 5.96. The van der Waals surface area contributed by atoms with Gasteiger partial charge in [-0.25, -0.2) is 4.79 Å². The highest BCUT2D eigenvalue weighted by Gasteiger charge is 2.24. The van der Waals surface area contributed by atoms with Crippen LogP contribution in [0.5, 0.6) is 0 Å². The zero-order valence-electron chi connectivity index (χ0n) is 21.2. The monoisotopic (exact) mass is 491 g/mol. The second-order valence-corrected chi connectivity index (χ2v) is 9.43. The van der Waals surface area contributed by atoms with Gasteiger partial charge < -0.3 is 18.6 Å². The van der Waals surface area contributed by atoms with Gasteiger partial charge in [0.25, 0.3) is 5.91 Å². The molecule has 0 N–H and O–H groups in total. The van der Waals surface area contributed by atoms with Gasteiger partial charge in [-0.05, 0) is 63.6 Å². The van der Waals surface area contributed by atoms with Crippen molar-refractivity contribution in [3.63, 3.8) is 0 Å². The van der Waals surface area contributed by atoms with Crippen molar-refractivity contribution < 1.29 is 18.4 Å². The van der Waals surface area contributed by atoms with E-state index in [1.54, 1.807) is 28.0 Å². The van der Waals surface area contributed by atoms with Crippen molar-refractivity contribution in [1.29, 1.82) is 0 Å². The summed E-state index contributed by atoms with van der Waals surface area (Å²) in [6, 6.07) is 10.5. The Hall–Kier alpha value is -3.65. The van der Waals surface area contributed by atoms with Crippen molar-refractivity contribution in [3.05, 3.63) is 76.1 Å². The number of hydrogen-bond donors (Lipinski definition) is 0. The molecule has 1 saturated heterocycles. The summed E-state index contributed by atoms with van der Waals surface area (Å²) >= 11 is 0. The first-order valence-electron chi connectivity index (χ1n) is 12.3. The maximum atomic E-state index is 13.3. The fourth-order valence-corrected chi connectivity index (χ4v) is 4.43. The third-order valence-corrected chi connectivity index (χ3v) is 6.49. The van der Waals surface area contributed by atoms with E-state index in [4.69, 9.17) is 8.83 Å². The summed E-state index contributed by atoms with van der Waals surface area (Å²) in [6.07, 6.45) is 4.65. The molecular weight excluding hydrogens is 458 g/mol. The summed E-state index contributed by atoms with van der Waals surface area (Å²) in [5, 5.41) is 0.859. The van der Waals surface area contributed by atoms with Crippen molar-refractivity contribution in [2.75, 3.05) is 44.2 Å². The predicted molar refractivity (Wildman–Crippen MR) is 139 cm³/mol. The Balaban J connectivity index is 1.36. The SMILES string of the molecule is CC(C)=CCN(C(=O)CCCN1CCN(C(=O)c2ccco2)CC1)c1ccc2c(C)cc(=O)oc2c1. The lowest BCUT2D eigenvalue weighted by Gasteiger charge is -2.34. The van der Waals surface area contributed by atoms with Gasteiger partial charge in [0.2, 0.25) is 5.91 Å². The lowest BCUT2D eigenvalue weighted by molar-refractivity contribution is -0.118. The third kappa shape index (κ3) is 6.12. The van der Waals surface area contributed by atoms with E-state index in [1.165, 1.54) is 12.3 Å². The number of anilines is 1. The number of hydrogen-bond acceptors (Lipinski definition) is 6. The molecule has 0 bridgehead atoms. The molecule has 1 aliphatic rings. The summed E-state index contributed by atoms with van der Waals surface area (Å²) in [7, 11) is 0. The van der Waals surface area contributed by atoms with Crippen LogP contribution >= 0.6 is 0 Å². The average molecular weight is 492 g/mol. The highest BCUT2D eigenvalue weighted by atomic mass is 16.4. The number of furan rings is 1. The smallest absolute Gasteiger partial charge is 0.336 e. The van der Waals surface area contributed by atoms with E-state index in [2.05, 4.69) is 4.90 Å². The molecule has 1 fully saturated rings. The molecule has 8 nitrogen and oxygen atoms in total. The maximum absolute atomic E-state index is 13.3. The van der Waals surface area contributed by atoms with Crippen molar-refractivity contribution in [2.45, 2.75) is 33.6 Å². The quantitative estimate of drug-likeness (QED) is 0.346. The van der Waals surface area contributed by atoms with Crippen LogP contribution in [-0.4, -0.2) is 60.9 Å². The van der Waals surface area contributed by atoms with Crippen LogP contribution in [0.15, 0.2) is 67.9 Å². The van der Waals surface area contributed by atoms with Crippen LogP contribution in [0.25, 0.3) is 11.0 Å². The summed E-state index contributed by atoms with van der Waals surface area (Å²) in [4.78, 5) is 43.4. The van der Waals surface area contributed by atoms with Crippen molar-refractivity contribution in [1.82, 2.24) is 9.80 Å². The van der Waals surface area contributed by atoms with Gasteiger partial charge >= 0.3 is 5.63 Å². The first-order valence-corrected chi connectivity index (χ1v) is 12.3. The van der Waals surface area contributed by atoms with Crippen molar-refractivity contribution >= 4 is 28.5 Å². The second kappa shape index (κ2) is 11.4. The van der Waals surface area contributed by atoms with Gasteiger partial charge in [0.15, 0.2) is 5.76 Å². The molecule has 1 aromatic carbocycles. The molecule has 8 heteroatoms. The minimum absolute atomic E-state index is 0.0217. The zero-order chi connectivity index (χ0) is 25.7. The van der Waals surface area contributed by atoms with Crippen LogP contribution in [0.1, 0.15) is 42.8 Å². The van der Waals surface area contributed by atoms with E-state index in [9.17, 15) is 14.4 Å². The molecule has 2 aromatic heterocycles. The predicted octanol–water partition coefficient (Wildman–Crippen LogP) is 4.23. The molecule has 0 atom stereocenters. The summed E-state index contributed by atoms with van der Waals surface area (Å²) in [5.41, 5.74) is 2.77. The Morgan fingerprint density at radius 3 is 2.56 bits per heavy atom. The number of rotatable bonds is 8. The van der Waals surface area contributed by atoms with Crippen LogP contribution in [0.4, 0.5) is 5.69 Å². The molecular formula is C28H33N3O5. The number of allylic oxidation sites excluding steroid dienone is 1. The number of nitrogens with zero attached hydrogens (tertiary/aromatic N) is 3. The van der Waals surface area contributed by atoms with E-state index < -0.39 is 5.63 Å². The molecule has 3 aromatic rings. The molecule has 1 aliphatic heterocycles. The number of aryl methyl sites for hydroxylation is 1. The lowest BCUT2D eigenvalue weighted by atomic mass is 10.1. The van der Waals surface area contributed by atoms with Crippen LogP contribution in [0, 0.1) is 6.92 Å². The van der Waals surface area contributed by atoms with Crippen molar-refractivity contribution in [2.24, 2.45) is 0 Å². The van der Waals surface area contributed by atoms with Gasteiger partial charge in [0.05, 0.1) is 6.26 Å². The zero-order valence-corrected chi connectivity index (χ0v) is 21.2. The first kappa shape index (κ1) is 25.4. The molecule has 190 valence electrons. The maximum Gasteiger partial charge on any atom is 0.336 e. The summed E-state index contributed by atoms with van der Waals surface area (Å²) in [6.45, 7) is 9.94. The molecule has 4 rings (SSSR count). The lowest BCUT2D eigenvalue weighted by Crippen LogP contribution is -2.48. The van der Waals surface area contributed by atoms with Gasteiger partial charge in [-0.15, -0.1) is 0 Å². The van der Waals surface area contributed by atoms with Gasteiger partial charge in [-0.3, -0.25) is 14.5 Å². The molecule has 0 saturated carbocycles. The Labute approximate surface area is 210 Å². The number of fused-ring (bicyclic) bond motifs is 1. The Morgan fingerprint density at radius 2 is 1.86 bits per heavy atom. The van der Waals surface area contributed by atoms with Gasteiger partial charge in [-0.1, -0.05) is 11.6 Å². The van der Waals surface area contributed by atoms with E-state index >= 15 is 0 Å². The number of carbonyl (C=O) groups excluding carboxylic acids is 2. The Morgan fingerprint density at radius 1 is 1.08 bits per heavy atom. The molecule has 0 aliphatic carbocycles. The van der Waals surface area contributed by atoms with E-state index in [0.717, 1.165) is 42.6 Å². The second-order valence-electron chi connectivity index (χ2n) is 9.43. The largest absolute Gasteiger partial charge is 0.459 e. The van der Waals surface area contributed by atoms with E-state index in [0.29, 0.717) is 43.1 Å². The van der Waals surface area contributed by atoms with Gasteiger partial charge in [0.1, 0.15) is 5.58 Å². The van der Waals surface area contributed by atoms with E-state index in [1.807, 2.05) is 39.0 Å². The molecule has 3 heterocycles. The van der Waals surface area contributed by atoms with Crippen LogP contribution in [-0.2, 0) is 4.79 Å². The van der Waals surface area contributed by atoms with Crippen LogP contribution < -0.4 is 10.5 Å². The van der Waals surface area contributed by atoms with Crippen LogP contribution in [0.3, 0.4) is 0 Å². The number of piperazine rings is 1. The summed E-state index contributed by atoms with van der Waals surface area (Å²) in [5.74, 6) is 0.313. The Bertz CT molecular complexity index is 1300. The number of carbonyl (C=O) groups is 2.